The van der Waals surface area contributed by atoms with Gasteiger partial charge in [0.05, 0.1) is 0 Å². The van der Waals surface area contributed by atoms with Gasteiger partial charge >= 0.3 is 23.6 Å². The van der Waals surface area contributed by atoms with E-state index < -0.39 is 23.6 Å². The standard InChI is InChI=1S/C4HF3N2O3/c5-4(6,7)2(10)1(9-8)3(11)12/h(H,11,12). The van der Waals surface area contributed by atoms with E-state index in [-0.39, 0.29) is 0 Å². The number of Topliss-reactive ketones (excluding diaryl/α,β-unsaturated/α-hetero) is 1. The number of nitrogens with zero attached hydrogens (tertiary/aromatic N) is 2. The average Bonchev–Trinajstić information content (AvgIpc) is 1.86. The maximum Gasteiger partial charge on any atom is 0.462 e. The summed E-state index contributed by atoms with van der Waals surface area (Å²) >= 11 is 0. The van der Waals surface area contributed by atoms with Gasteiger partial charge in [0.1, 0.15) is 0 Å². The lowest BCUT2D eigenvalue weighted by molar-refractivity contribution is -0.168. The van der Waals surface area contributed by atoms with Crippen LogP contribution in [0.5, 0.6) is 0 Å². The minimum Gasteiger partial charge on any atom is -0.472 e. The Labute approximate surface area is 63.0 Å². The molecule has 0 atom stereocenters. The maximum atomic E-state index is 11.4. The van der Waals surface area contributed by atoms with Gasteiger partial charge in [-0.05, 0) is 0 Å². The fourth-order valence-electron chi connectivity index (χ4n) is 0.320. The molecule has 0 saturated carbocycles. The normalized spacial score (nSPS) is 10.2. The van der Waals surface area contributed by atoms with Crippen molar-refractivity contribution < 1.29 is 32.7 Å². The van der Waals surface area contributed by atoms with Gasteiger partial charge in [0, 0.05) is 0 Å². The van der Waals surface area contributed by atoms with Crippen LogP contribution in [0.4, 0.5) is 13.2 Å². The average molecular weight is 182 g/mol. The van der Waals surface area contributed by atoms with E-state index in [2.05, 4.69) is 0 Å². The fraction of sp³-hybridized carbons (Fsp3) is 0.250. The monoisotopic (exact) mass is 182 g/mol. The van der Waals surface area contributed by atoms with Crippen molar-refractivity contribution in [3.05, 3.63) is 5.53 Å². The highest BCUT2D eigenvalue weighted by Gasteiger charge is 2.50. The fourth-order valence-corrected chi connectivity index (χ4v) is 0.320. The molecule has 0 aromatic carbocycles. The van der Waals surface area contributed by atoms with Crippen LogP contribution in [0, 0.1) is 0 Å². The van der Waals surface area contributed by atoms with E-state index in [1.807, 2.05) is 0 Å². The first-order valence-corrected chi connectivity index (χ1v) is 2.37. The molecule has 0 aromatic rings. The number of hydrogen-bond donors (Lipinski definition) is 1. The quantitative estimate of drug-likeness (QED) is 0.279. The van der Waals surface area contributed by atoms with E-state index in [1.165, 1.54) is 0 Å². The number of carbonyl (C=O) groups is 2. The van der Waals surface area contributed by atoms with E-state index in [0.717, 1.165) is 0 Å². The maximum absolute atomic E-state index is 11.4. The summed E-state index contributed by atoms with van der Waals surface area (Å²) in [6, 6.07) is 0. The smallest absolute Gasteiger partial charge is 0.462 e. The number of alkyl halides is 3. The summed E-state index contributed by atoms with van der Waals surface area (Å²) in [5, 5.41) is 7.90. The molecule has 5 nitrogen and oxygen atoms in total. The third-order valence-electron chi connectivity index (χ3n) is 0.775. The van der Waals surface area contributed by atoms with E-state index in [1.54, 1.807) is 4.79 Å². The molecule has 0 saturated heterocycles. The van der Waals surface area contributed by atoms with Gasteiger partial charge in [-0.15, -0.1) is 0 Å². The Bertz CT molecular complexity index is 276. The van der Waals surface area contributed by atoms with Crippen molar-refractivity contribution in [3.8, 4) is 0 Å². The molecule has 0 spiro atoms. The molecule has 0 heterocycles. The lowest BCUT2D eigenvalue weighted by atomic mass is 10.2. The van der Waals surface area contributed by atoms with Crippen LogP contribution in [0.1, 0.15) is 0 Å². The largest absolute Gasteiger partial charge is 0.472 e. The first-order valence-electron chi connectivity index (χ1n) is 2.37. The molecule has 0 aliphatic rings. The van der Waals surface area contributed by atoms with Crippen molar-refractivity contribution in [2.24, 2.45) is 0 Å². The third-order valence-corrected chi connectivity index (χ3v) is 0.775. The molecule has 0 aromatic heterocycles. The van der Waals surface area contributed by atoms with Crippen LogP contribution in [0.2, 0.25) is 0 Å². The molecule has 0 unspecified atom stereocenters. The molecule has 66 valence electrons. The van der Waals surface area contributed by atoms with Gasteiger partial charge < -0.3 is 10.6 Å². The zero-order valence-corrected chi connectivity index (χ0v) is 5.29. The van der Waals surface area contributed by atoms with Gasteiger partial charge in [-0.3, -0.25) is 4.79 Å². The zero-order valence-electron chi connectivity index (χ0n) is 5.29. The van der Waals surface area contributed by atoms with Crippen LogP contribution < -0.4 is 0 Å². The van der Waals surface area contributed by atoms with E-state index in [9.17, 15) is 22.8 Å². The van der Waals surface area contributed by atoms with Crippen LogP contribution in [0.25, 0.3) is 5.53 Å². The molecule has 0 aliphatic carbocycles. The summed E-state index contributed by atoms with van der Waals surface area (Å²) in [6.07, 6.45) is -5.35. The van der Waals surface area contributed by atoms with E-state index in [4.69, 9.17) is 10.6 Å². The Hall–Kier alpha value is -1.69. The number of ketones is 1. The SMILES string of the molecule is [N-]=[N+]=C(C(=O)O)C(=O)C(F)(F)F. The Kier molecular flexibility index (Phi) is 2.70. The van der Waals surface area contributed by atoms with Gasteiger partial charge in [0.25, 0.3) is 0 Å². The summed E-state index contributed by atoms with van der Waals surface area (Å²) in [7, 11) is 0. The number of halogens is 3. The van der Waals surface area contributed by atoms with E-state index >= 15 is 0 Å². The minimum absolute atomic E-state index is 1.70. The predicted molar refractivity (Wildman–Crippen MR) is 27.3 cm³/mol. The van der Waals surface area contributed by atoms with Crippen molar-refractivity contribution in [3.63, 3.8) is 0 Å². The topological polar surface area (TPSA) is 90.8 Å². The second kappa shape index (κ2) is 3.14. The van der Waals surface area contributed by atoms with Gasteiger partial charge in [0.2, 0.25) is 0 Å². The molecule has 0 bridgehead atoms. The molecule has 0 fully saturated rings. The molecular weight excluding hydrogens is 181 g/mol. The molecule has 12 heavy (non-hydrogen) atoms. The summed E-state index contributed by atoms with van der Waals surface area (Å²) in [5.74, 6) is -4.93. The number of rotatable bonds is 2. The van der Waals surface area contributed by atoms with Crippen LogP contribution in [-0.2, 0) is 9.59 Å². The summed E-state index contributed by atoms with van der Waals surface area (Å²) in [5.41, 5.74) is 5.76. The van der Waals surface area contributed by atoms with Crippen LogP contribution in [0.15, 0.2) is 0 Å². The number of aliphatic carboxylic acids is 1. The van der Waals surface area contributed by atoms with Crippen LogP contribution in [-0.4, -0.2) is 33.5 Å². The lowest BCUT2D eigenvalue weighted by Crippen LogP contribution is -2.36. The molecule has 0 rings (SSSR count). The second-order valence-corrected chi connectivity index (χ2v) is 1.58. The van der Waals surface area contributed by atoms with Gasteiger partial charge in [-0.25, -0.2) is 4.79 Å². The van der Waals surface area contributed by atoms with Crippen molar-refractivity contribution in [1.82, 2.24) is 0 Å². The summed E-state index contributed by atoms with van der Waals surface area (Å²) < 4.78 is 34.3. The first kappa shape index (κ1) is 10.3. The van der Waals surface area contributed by atoms with Gasteiger partial charge in [0.15, 0.2) is 0 Å². The molecule has 0 radical (unpaired) electrons. The Morgan fingerprint density at radius 1 is 1.33 bits per heavy atom. The minimum atomic E-state index is -5.35. The Morgan fingerprint density at radius 2 is 1.75 bits per heavy atom. The van der Waals surface area contributed by atoms with Crippen LogP contribution in [0.3, 0.4) is 0 Å². The number of carboxylic acid groups (broad SMARTS) is 1. The predicted octanol–water partition coefficient (Wildman–Crippen LogP) is -0.127. The highest BCUT2D eigenvalue weighted by atomic mass is 19.4. The van der Waals surface area contributed by atoms with Gasteiger partial charge in [-0.2, -0.15) is 18.0 Å². The summed E-state index contributed by atoms with van der Waals surface area (Å²) in [4.78, 5) is 21.5. The second-order valence-electron chi connectivity index (χ2n) is 1.58. The number of carbonyl (C=O) groups excluding carboxylic acids is 1. The van der Waals surface area contributed by atoms with Crippen molar-refractivity contribution >= 4 is 17.5 Å². The highest BCUT2D eigenvalue weighted by molar-refractivity contribution is 6.63. The molecule has 0 amide bonds. The third kappa shape index (κ3) is 2.17. The van der Waals surface area contributed by atoms with Crippen molar-refractivity contribution in [1.29, 1.82) is 0 Å². The van der Waals surface area contributed by atoms with Crippen molar-refractivity contribution in [2.45, 2.75) is 6.18 Å². The van der Waals surface area contributed by atoms with Gasteiger partial charge in [-0.1, -0.05) is 0 Å². The number of hydrogen-bond acceptors (Lipinski definition) is 2. The van der Waals surface area contributed by atoms with Crippen LogP contribution >= 0.6 is 0 Å². The lowest BCUT2D eigenvalue weighted by Gasteiger charge is -1.97. The summed E-state index contributed by atoms with van der Waals surface area (Å²) in [6.45, 7) is 0. The number of carboxylic acids is 1. The first-order chi connectivity index (χ1) is 5.30. The van der Waals surface area contributed by atoms with Crippen molar-refractivity contribution in [2.75, 3.05) is 0 Å². The zero-order chi connectivity index (χ0) is 9.94. The molecule has 0 aliphatic heterocycles. The Balaban J connectivity index is 4.95. The molecular formula is C4HF3N2O3. The van der Waals surface area contributed by atoms with E-state index in [0.29, 0.717) is 0 Å². The Morgan fingerprint density at radius 3 is 1.83 bits per heavy atom. The highest BCUT2D eigenvalue weighted by Crippen LogP contribution is 2.16. The molecule has 1 N–H and O–H groups in total. The molecule has 8 heteroatoms.